The normalized spacial score (nSPS) is 15.1. The van der Waals surface area contributed by atoms with E-state index < -0.39 is 0 Å². The zero-order valence-corrected chi connectivity index (χ0v) is 14.7. The molecule has 1 saturated carbocycles. The van der Waals surface area contributed by atoms with Crippen LogP contribution in [-0.2, 0) is 11.3 Å². The van der Waals surface area contributed by atoms with Gasteiger partial charge in [-0.05, 0) is 42.4 Å². The van der Waals surface area contributed by atoms with Gasteiger partial charge < -0.3 is 9.88 Å². The molecular weight excluding hydrogens is 298 g/mol. The van der Waals surface area contributed by atoms with Gasteiger partial charge >= 0.3 is 0 Å². The van der Waals surface area contributed by atoms with Crippen LogP contribution in [-0.4, -0.2) is 10.5 Å². The molecule has 1 aliphatic rings. The van der Waals surface area contributed by atoms with Crippen LogP contribution in [0, 0.1) is 22.7 Å². The fraction of sp³-hybridized carbons (Fsp3) is 0.500. The highest BCUT2D eigenvalue weighted by Gasteiger charge is 2.22. The SMILES string of the molecule is CC(C)(C)CC(=O)Nc1cc2ccc(C#N)cc2n1CC1CCC1. The van der Waals surface area contributed by atoms with Crippen molar-refractivity contribution in [2.24, 2.45) is 11.3 Å². The third-order valence-electron chi connectivity index (χ3n) is 4.66. The lowest BCUT2D eigenvalue weighted by Gasteiger charge is -2.27. The molecule has 0 bridgehead atoms. The predicted molar refractivity (Wildman–Crippen MR) is 96.7 cm³/mol. The van der Waals surface area contributed by atoms with Crippen molar-refractivity contribution in [3.63, 3.8) is 0 Å². The number of amides is 1. The number of carbonyl (C=O) groups is 1. The summed E-state index contributed by atoms with van der Waals surface area (Å²) in [5.41, 5.74) is 1.65. The Morgan fingerprint density at radius 2 is 2.08 bits per heavy atom. The lowest BCUT2D eigenvalue weighted by atomic mass is 9.85. The van der Waals surface area contributed by atoms with Gasteiger partial charge in [-0.1, -0.05) is 33.3 Å². The van der Waals surface area contributed by atoms with Gasteiger partial charge in [-0.2, -0.15) is 5.26 Å². The van der Waals surface area contributed by atoms with Crippen molar-refractivity contribution in [3.05, 3.63) is 29.8 Å². The van der Waals surface area contributed by atoms with Gasteiger partial charge in [0.15, 0.2) is 0 Å². The molecule has 1 N–H and O–H groups in total. The van der Waals surface area contributed by atoms with E-state index in [1.807, 2.05) is 24.3 Å². The van der Waals surface area contributed by atoms with E-state index in [9.17, 15) is 10.1 Å². The summed E-state index contributed by atoms with van der Waals surface area (Å²) in [4.78, 5) is 12.4. The minimum absolute atomic E-state index is 0.0388. The van der Waals surface area contributed by atoms with E-state index in [-0.39, 0.29) is 11.3 Å². The molecule has 1 amide bonds. The van der Waals surface area contributed by atoms with Gasteiger partial charge in [0.25, 0.3) is 0 Å². The number of fused-ring (bicyclic) bond motifs is 1. The number of hydrogen-bond acceptors (Lipinski definition) is 2. The first-order valence-corrected chi connectivity index (χ1v) is 8.69. The Kier molecular flexibility index (Phi) is 4.36. The van der Waals surface area contributed by atoms with E-state index in [0.29, 0.717) is 17.9 Å². The molecule has 0 atom stereocenters. The van der Waals surface area contributed by atoms with Crippen LogP contribution in [0.1, 0.15) is 52.0 Å². The van der Waals surface area contributed by atoms with Crippen molar-refractivity contribution in [2.75, 3.05) is 5.32 Å². The zero-order valence-electron chi connectivity index (χ0n) is 14.7. The van der Waals surface area contributed by atoms with Gasteiger partial charge in [0.05, 0.1) is 17.1 Å². The predicted octanol–water partition coefficient (Wildman–Crippen LogP) is 4.69. The number of anilines is 1. The van der Waals surface area contributed by atoms with Gasteiger partial charge in [0.1, 0.15) is 5.82 Å². The van der Waals surface area contributed by atoms with Gasteiger partial charge in [-0.15, -0.1) is 0 Å². The lowest BCUT2D eigenvalue weighted by Crippen LogP contribution is -2.23. The van der Waals surface area contributed by atoms with Crippen LogP contribution in [0.15, 0.2) is 24.3 Å². The highest BCUT2D eigenvalue weighted by molar-refractivity contribution is 5.95. The number of nitrogens with one attached hydrogen (secondary N) is 1. The number of carbonyl (C=O) groups excluding carboxylic acids is 1. The zero-order chi connectivity index (χ0) is 17.3. The Bertz CT molecular complexity index is 801. The van der Waals surface area contributed by atoms with Crippen molar-refractivity contribution in [2.45, 2.75) is 53.0 Å². The average molecular weight is 323 g/mol. The summed E-state index contributed by atoms with van der Waals surface area (Å²) < 4.78 is 2.18. The quantitative estimate of drug-likeness (QED) is 0.887. The summed E-state index contributed by atoms with van der Waals surface area (Å²) in [6, 6.07) is 9.95. The highest BCUT2D eigenvalue weighted by Crippen LogP contribution is 2.33. The maximum absolute atomic E-state index is 12.4. The van der Waals surface area contributed by atoms with E-state index >= 15 is 0 Å². The van der Waals surface area contributed by atoms with Crippen molar-refractivity contribution in [1.29, 1.82) is 5.26 Å². The molecule has 0 saturated heterocycles. The standard InChI is InChI=1S/C20H25N3O/c1-20(2,3)11-19(24)22-18-10-16-8-7-15(12-21)9-17(16)23(18)13-14-5-4-6-14/h7-10,14H,4-6,11,13H2,1-3H3,(H,22,24). The van der Waals surface area contributed by atoms with Crippen LogP contribution >= 0.6 is 0 Å². The maximum Gasteiger partial charge on any atom is 0.226 e. The summed E-state index contributed by atoms with van der Waals surface area (Å²) in [6.45, 7) is 7.10. The molecule has 1 aromatic heterocycles. The van der Waals surface area contributed by atoms with E-state index in [4.69, 9.17) is 0 Å². The molecule has 0 spiro atoms. The van der Waals surface area contributed by atoms with Gasteiger partial charge in [-0.25, -0.2) is 0 Å². The summed E-state index contributed by atoms with van der Waals surface area (Å²) in [6.07, 6.45) is 4.26. The first kappa shape index (κ1) is 16.6. The Balaban J connectivity index is 1.94. The largest absolute Gasteiger partial charge is 0.327 e. The average Bonchev–Trinajstić information content (AvgIpc) is 2.76. The van der Waals surface area contributed by atoms with Crippen LogP contribution in [0.3, 0.4) is 0 Å². The van der Waals surface area contributed by atoms with Crippen molar-refractivity contribution >= 4 is 22.6 Å². The van der Waals surface area contributed by atoms with Crippen molar-refractivity contribution < 1.29 is 4.79 Å². The second-order valence-electron chi connectivity index (χ2n) is 8.11. The molecule has 0 unspecified atom stereocenters. The van der Waals surface area contributed by atoms with Crippen LogP contribution in [0.2, 0.25) is 0 Å². The molecular formula is C20H25N3O. The molecule has 3 rings (SSSR count). The summed E-state index contributed by atoms with van der Waals surface area (Å²) in [5, 5.41) is 13.3. The van der Waals surface area contributed by atoms with Gasteiger partial charge in [0, 0.05) is 18.4 Å². The van der Waals surface area contributed by atoms with Crippen LogP contribution in [0.25, 0.3) is 10.9 Å². The second kappa shape index (κ2) is 6.32. The molecule has 126 valence electrons. The van der Waals surface area contributed by atoms with Crippen LogP contribution in [0.4, 0.5) is 5.82 Å². The lowest BCUT2D eigenvalue weighted by molar-refractivity contribution is -0.117. The van der Waals surface area contributed by atoms with Gasteiger partial charge in [-0.3, -0.25) is 4.79 Å². The molecule has 0 radical (unpaired) electrons. The monoisotopic (exact) mass is 323 g/mol. The van der Waals surface area contributed by atoms with E-state index in [2.05, 4.69) is 36.7 Å². The number of aromatic nitrogens is 1. The molecule has 2 aromatic rings. The first-order chi connectivity index (χ1) is 11.4. The minimum atomic E-state index is -0.0388. The molecule has 0 aliphatic heterocycles. The Labute approximate surface area is 143 Å². The Morgan fingerprint density at radius 3 is 2.67 bits per heavy atom. The molecule has 24 heavy (non-hydrogen) atoms. The molecule has 1 aromatic carbocycles. The molecule has 1 aliphatic carbocycles. The fourth-order valence-corrected chi connectivity index (χ4v) is 3.23. The molecule has 1 heterocycles. The van der Waals surface area contributed by atoms with Crippen molar-refractivity contribution in [1.82, 2.24) is 4.57 Å². The third kappa shape index (κ3) is 3.62. The minimum Gasteiger partial charge on any atom is -0.327 e. The summed E-state index contributed by atoms with van der Waals surface area (Å²) in [5.74, 6) is 1.56. The molecule has 4 heteroatoms. The number of hydrogen-bond donors (Lipinski definition) is 1. The number of rotatable bonds is 4. The first-order valence-electron chi connectivity index (χ1n) is 8.69. The highest BCUT2D eigenvalue weighted by atomic mass is 16.1. The van der Waals surface area contributed by atoms with E-state index in [0.717, 1.165) is 23.3 Å². The van der Waals surface area contributed by atoms with Gasteiger partial charge in [0.2, 0.25) is 5.91 Å². The van der Waals surface area contributed by atoms with Crippen molar-refractivity contribution in [3.8, 4) is 6.07 Å². The number of benzene rings is 1. The third-order valence-corrected chi connectivity index (χ3v) is 4.66. The van der Waals surface area contributed by atoms with Crippen LogP contribution < -0.4 is 5.32 Å². The van der Waals surface area contributed by atoms with E-state index in [1.165, 1.54) is 19.3 Å². The number of nitrogens with zero attached hydrogens (tertiary/aromatic N) is 2. The fourth-order valence-electron chi connectivity index (χ4n) is 3.23. The van der Waals surface area contributed by atoms with E-state index in [1.54, 1.807) is 0 Å². The maximum atomic E-state index is 12.4. The van der Waals surface area contributed by atoms with Crippen LogP contribution in [0.5, 0.6) is 0 Å². The molecule has 4 nitrogen and oxygen atoms in total. The molecule has 1 fully saturated rings. The Morgan fingerprint density at radius 1 is 1.33 bits per heavy atom. The summed E-state index contributed by atoms with van der Waals surface area (Å²) >= 11 is 0. The number of nitriles is 1. The summed E-state index contributed by atoms with van der Waals surface area (Å²) in [7, 11) is 0. The topological polar surface area (TPSA) is 57.8 Å². The Hall–Kier alpha value is -2.28. The smallest absolute Gasteiger partial charge is 0.226 e. The second-order valence-corrected chi connectivity index (χ2v) is 8.11.